The number of rotatable bonds is 8. The van der Waals surface area contributed by atoms with Gasteiger partial charge in [-0.3, -0.25) is 0 Å². The van der Waals surface area contributed by atoms with E-state index in [2.05, 4.69) is 4.72 Å². The van der Waals surface area contributed by atoms with Crippen molar-refractivity contribution in [1.29, 1.82) is 0 Å². The molecule has 0 unspecified atom stereocenters. The van der Waals surface area contributed by atoms with Gasteiger partial charge in [-0.05, 0) is 12.8 Å². The normalized spacial score (nSPS) is 12.9. The summed E-state index contributed by atoms with van der Waals surface area (Å²) >= 11 is 5.42. The smallest absolute Gasteiger partial charge is 0.212 e. The van der Waals surface area contributed by atoms with E-state index in [4.69, 9.17) is 11.6 Å². The summed E-state index contributed by atoms with van der Waals surface area (Å²) in [7, 11) is -6.70. The van der Waals surface area contributed by atoms with Crippen LogP contribution >= 0.6 is 11.6 Å². The Balaban J connectivity index is 3.88. The molecule has 0 spiro atoms. The van der Waals surface area contributed by atoms with E-state index in [0.29, 0.717) is 18.8 Å². The molecule has 1 N–H and O–H groups in total. The predicted octanol–water partition coefficient (Wildman–Crippen LogP) is -0.0306. The van der Waals surface area contributed by atoms with Crippen molar-refractivity contribution in [3.63, 3.8) is 0 Å². The van der Waals surface area contributed by atoms with Crippen LogP contribution in [-0.2, 0) is 19.9 Å². The lowest BCUT2D eigenvalue weighted by atomic mass is 10.3. The van der Waals surface area contributed by atoms with E-state index in [9.17, 15) is 16.8 Å². The third-order valence-electron chi connectivity index (χ3n) is 1.61. The number of sulfone groups is 1. The molecule has 0 aromatic heterocycles. The maximum atomic E-state index is 11.2. The lowest BCUT2D eigenvalue weighted by Gasteiger charge is -2.04. The number of sulfonamides is 1. The van der Waals surface area contributed by atoms with Crippen LogP contribution in [0.4, 0.5) is 0 Å². The lowest BCUT2D eigenvalue weighted by Crippen LogP contribution is -2.30. The summed E-state index contributed by atoms with van der Waals surface area (Å²) in [5.41, 5.74) is 0. The molecular formula is C7H16ClNO4S2. The van der Waals surface area contributed by atoms with Crippen molar-refractivity contribution in [3.05, 3.63) is 0 Å². The first-order chi connectivity index (χ1) is 6.77. The third kappa shape index (κ3) is 10.4. The van der Waals surface area contributed by atoms with Gasteiger partial charge in [0.1, 0.15) is 9.84 Å². The topological polar surface area (TPSA) is 80.3 Å². The molecule has 0 atom stereocenters. The van der Waals surface area contributed by atoms with E-state index < -0.39 is 19.9 Å². The zero-order chi connectivity index (χ0) is 11.9. The van der Waals surface area contributed by atoms with Crippen LogP contribution in [0.2, 0.25) is 0 Å². The second-order valence-electron chi connectivity index (χ2n) is 3.24. The van der Waals surface area contributed by atoms with Crippen molar-refractivity contribution in [1.82, 2.24) is 4.72 Å². The number of hydrogen-bond donors (Lipinski definition) is 1. The highest BCUT2D eigenvalue weighted by molar-refractivity contribution is 7.93. The zero-order valence-electron chi connectivity index (χ0n) is 8.57. The van der Waals surface area contributed by atoms with Crippen molar-refractivity contribution in [3.8, 4) is 0 Å². The second kappa shape index (κ2) is 6.67. The molecule has 0 fully saturated rings. The molecule has 15 heavy (non-hydrogen) atoms. The number of nitrogens with one attached hydrogen (secondary N) is 1. The first-order valence-electron chi connectivity index (χ1n) is 4.48. The van der Waals surface area contributed by atoms with Gasteiger partial charge in [0.25, 0.3) is 0 Å². The van der Waals surface area contributed by atoms with E-state index in [0.717, 1.165) is 12.7 Å². The summed E-state index contributed by atoms with van der Waals surface area (Å²) < 4.78 is 46.3. The highest BCUT2D eigenvalue weighted by Gasteiger charge is 2.13. The molecule has 0 bridgehead atoms. The van der Waals surface area contributed by atoms with E-state index in [-0.39, 0.29) is 11.5 Å². The van der Waals surface area contributed by atoms with Crippen LogP contribution in [0.25, 0.3) is 0 Å². The SMILES string of the molecule is CS(=O)(=O)CCS(=O)(=O)NCCCCCl. The summed E-state index contributed by atoms with van der Waals surface area (Å²) in [6.45, 7) is 0.304. The van der Waals surface area contributed by atoms with Crippen molar-refractivity contribution in [2.45, 2.75) is 12.8 Å². The largest absolute Gasteiger partial charge is 0.229 e. The monoisotopic (exact) mass is 277 g/mol. The van der Waals surface area contributed by atoms with Crippen molar-refractivity contribution < 1.29 is 16.8 Å². The van der Waals surface area contributed by atoms with Gasteiger partial charge in [0.15, 0.2) is 0 Å². The minimum atomic E-state index is -3.47. The minimum absolute atomic E-state index is 0.304. The first-order valence-corrected chi connectivity index (χ1v) is 8.72. The maximum Gasteiger partial charge on any atom is 0.212 e. The summed E-state index contributed by atoms with van der Waals surface area (Å²) in [6, 6.07) is 0. The van der Waals surface area contributed by atoms with Crippen molar-refractivity contribution >= 4 is 31.5 Å². The van der Waals surface area contributed by atoms with Crippen LogP contribution in [0.3, 0.4) is 0 Å². The van der Waals surface area contributed by atoms with Gasteiger partial charge in [-0.15, -0.1) is 11.6 Å². The Morgan fingerprint density at radius 1 is 1.07 bits per heavy atom. The van der Waals surface area contributed by atoms with Gasteiger partial charge in [-0.1, -0.05) is 0 Å². The van der Waals surface area contributed by atoms with Gasteiger partial charge >= 0.3 is 0 Å². The lowest BCUT2D eigenvalue weighted by molar-refractivity contribution is 0.576. The Hall–Kier alpha value is 0.150. The number of alkyl halides is 1. The van der Waals surface area contributed by atoms with Crippen LogP contribution in [-0.4, -0.2) is 47.0 Å². The molecule has 0 rings (SSSR count). The van der Waals surface area contributed by atoms with Crippen LogP contribution in [0.1, 0.15) is 12.8 Å². The van der Waals surface area contributed by atoms with Gasteiger partial charge in [0, 0.05) is 18.7 Å². The Kier molecular flexibility index (Phi) is 6.74. The Bertz CT molecular complexity index is 362. The van der Waals surface area contributed by atoms with E-state index in [1.807, 2.05) is 0 Å². The summed E-state index contributed by atoms with van der Waals surface area (Å²) in [6.07, 6.45) is 2.40. The number of hydrogen-bond acceptors (Lipinski definition) is 4. The summed E-state index contributed by atoms with van der Waals surface area (Å²) in [5, 5.41) is 0. The standard InChI is InChI=1S/C7H16ClNO4S2/c1-14(10,11)6-7-15(12,13)9-5-3-2-4-8/h9H,2-7H2,1H3. The molecule has 0 aromatic rings. The molecule has 0 radical (unpaired) electrons. The van der Waals surface area contributed by atoms with Crippen molar-refractivity contribution in [2.24, 2.45) is 0 Å². The van der Waals surface area contributed by atoms with Crippen LogP contribution < -0.4 is 4.72 Å². The quantitative estimate of drug-likeness (QED) is 0.499. The highest BCUT2D eigenvalue weighted by atomic mass is 35.5. The molecule has 5 nitrogen and oxygen atoms in total. The van der Waals surface area contributed by atoms with Crippen LogP contribution in [0, 0.1) is 0 Å². The van der Waals surface area contributed by atoms with Gasteiger partial charge in [0.05, 0.1) is 11.5 Å². The highest BCUT2D eigenvalue weighted by Crippen LogP contribution is 1.93. The van der Waals surface area contributed by atoms with Gasteiger partial charge in [-0.2, -0.15) is 0 Å². The molecule has 0 saturated carbocycles. The molecule has 0 heterocycles. The van der Waals surface area contributed by atoms with Crippen molar-refractivity contribution in [2.75, 3.05) is 30.2 Å². The van der Waals surface area contributed by atoms with Crippen LogP contribution in [0.15, 0.2) is 0 Å². The molecule has 0 aromatic carbocycles. The molecule has 0 aliphatic carbocycles. The van der Waals surface area contributed by atoms with E-state index in [1.54, 1.807) is 0 Å². The van der Waals surface area contributed by atoms with E-state index in [1.165, 1.54) is 0 Å². The summed E-state index contributed by atoms with van der Waals surface area (Å²) in [5.74, 6) is -0.240. The fourth-order valence-corrected chi connectivity index (χ4v) is 3.66. The Morgan fingerprint density at radius 3 is 2.13 bits per heavy atom. The molecule has 0 amide bonds. The fraction of sp³-hybridized carbons (Fsp3) is 1.00. The predicted molar refractivity (Wildman–Crippen MR) is 61.5 cm³/mol. The first kappa shape index (κ1) is 15.2. The second-order valence-corrected chi connectivity index (χ2v) is 7.80. The molecule has 92 valence electrons. The average molecular weight is 278 g/mol. The molecule has 8 heteroatoms. The summed E-state index contributed by atoms with van der Waals surface area (Å²) in [4.78, 5) is 0. The van der Waals surface area contributed by atoms with Crippen LogP contribution in [0.5, 0.6) is 0 Å². The van der Waals surface area contributed by atoms with Gasteiger partial charge in [0.2, 0.25) is 10.0 Å². The average Bonchev–Trinajstić information content (AvgIpc) is 2.09. The molecule has 0 aliphatic rings. The molecule has 0 saturated heterocycles. The molecular weight excluding hydrogens is 262 g/mol. The zero-order valence-corrected chi connectivity index (χ0v) is 11.0. The fourth-order valence-electron chi connectivity index (χ4n) is 0.780. The minimum Gasteiger partial charge on any atom is -0.229 e. The molecule has 0 aliphatic heterocycles. The van der Waals surface area contributed by atoms with E-state index >= 15 is 0 Å². The van der Waals surface area contributed by atoms with Gasteiger partial charge in [-0.25, -0.2) is 21.6 Å². The number of halogens is 1. The maximum absolute atomic E-state index is 11.2. The number of unbranched alkanes of at least 4 members (excludes halogenated alkanes) is 1. The van der Waals surface area contributed by atoms with Gasteiger partial charge < -0.3 is 0 Å². The Labute approximate surface area is 96.2 Å². The third-order valence-corrected chi connectivity index (χ3v) is 4.46. The Morgan fingerprint density at radius 2 is 1.67 bits per heavy atom.